The maximum absolute atomic E-state index is 12.9. The van der Waals surface area contributed by atoms with Crippen molar-refractivity contribution in [1.29, 1.82) is 0 Å². The number of aromatic nitrogens is 2. The normalized spacial score (nSPS) is 14.7. The Balaban J connectivity index is 1.54. The molecule has 0 atom stereocenters. The van der Waals surface area contributed by atoms with Gasteiger partial charge in [-0.05, 0) is 18.2 Å². The number of hydrogen-bond acceptors (Lipinski definition) is 5. The van der Waals surface area contributed by atoms with E-state index in [1.807, 2.05) is 30.3 Å². The smallest absolute Gasteiger partial charge is 0.275 e. The van der Waals surface area contributed by atoms with Crippen molar-refractivity contribution in [1.82, 2.24) is 20.0 Å². The van der Waals surface area contributed by atoms with E-state index >= 15 is 0 Å². The van der Waals surface area contributed by atoms with Gasteiger partial charge in [0.25, 0.3) is 5.56 Å². The first kappa shape index (κ1) is 20.5. The van der Waals surface area contributed by atoms with Crippen LogP contribution in [0.15, 0.2) is 53.3 Å². The van der Waals surface area contributed by atoms with Crippen LogP contribution in [0.3, 0.4) is 0 Å². The van der Waals surface area contributed by atoms with Crippen LogP contribution in [0.4, 0.5) is 0 Å². The molecule has 0 aliphatic carbocycles. The minimum absolute atomic E-state index is 0.132. The molecule has 1 aliphatic heterocycles. The first-order valence-corrected chi connectivity index (χ1v) is 10.3. The Kier molecular flexibility index (Phi) is 6.42. The van der Waals surface area contributed by atoms with Gasteiger partial charge in [-0.2, -0.15) is 5.10 Å². The van der Waals surface area contributed by atoms with Gasteiger partial charge in [0.15, 0.2) is 0 Å². The number of fused-ring (bicyclic) bond motifs is 1. The number of ether oxygens (including phenoxy) is 1. The van der Waals surface area contributed by atoms with Gasteiger partial charge in [0.2, 0.25) is 5.91 Å². The molecule has 0 radical (unpaired) electrons. The van der Waals surface area contributed by atoms with Crippen LogP contribution in [0.5, 0.6) is 0 Å². The second-order valence-corrected chi connectivity index (χ2v) is 7.60. The van der Waals surface area contributed by atoms with Crippen LogP contribution < -0.4 is 10.9 Å². The molecular formula is C22H23ClN4O3. The van der Waals surface area contributed by atoms with Crippen molar-refractivity contribution in [3.63, 3.8) is 0 Å². The van der Waals surface area contributed by atoms with Crippen molar-refractivity contribution < 1.29 is 9.53 Å². The zero-order valence-electron chi connectivity index (χ0n) is 16.5. The average molecular weight is 427 g/mol. The van der Waals surface area contributed by atoms with Gasteiger partial charge in [-0.25, -0.2) is 4.68 Å². The summed E-state index contributed by atoms with van der Waals surface area (Å²) in [7, 11) is 0. The third-order valence-electron chi connectivity index (χ3n) is 5.13. The number of morpholine rings is 1. The molecule has 2 aromatic carbocycles. The predicted molar refractivity (Wildman–Crippen MR) is 117 cm³/mol. The lowest BCUT2D eigenvalue weighted by Crippen LogP contribution is -2.42. The number of nitrogens with one attached hydrogen (secondary N) is 1. The monoisotopic (exact) mass is 426 g/mol. The zero-order valence-corrected chi connectivity index (χ0v) is 17.3. The van der Waals surface area contributed by atoms with Crippen LogP contribution in [-0.2, 0) is 16.1 Å². The fraction of sp³-hybridized carbons (Fsp3) is 0.318. The summed E-state index contributed by atoms with van der Waals surface area (Å²) in [4.78, 5) is 27.6. The molecule has 30 heavy (non-hydrogen) atoms. The van der Waals surface area contributed by atoms with Crippen LogP contribution in [0, 0.1) is 0 Å². The average Bonchev–Trinajstić information content (AvgIpc) is 2.77. The predicted octanol–water partition coefficient (Wildman–Crippen LogP) is 2.17. The molecule has 7 nitrogen and oxygen atoms in total. The quantitative estimate of drug-likeness (QED) is 0.653. The summed E-state index contributed by atoms with van der Waals surface area (Å²) < 4.78 is 6.56. The van der Waals surface area contributed by atoms with Gasteiger partial charge < -0.3 is 10.1 Å². The van der Waals surface area contributed by atoms with Crippen LogP contribution >= 0.6 is 11.6 Å². The highest BCUT2D eigenvalue weighted by Gasteiger charge is 2.15. The van der Waals surface area contributed by atoms with E-state index in [4.69, 9.17) is 16.3 Å². The summed E-state index contributed by atoms with van der Waals surface area (Å²) in [6, 6.07) is 14.6. The van der Waals surface area contributed by atoms with Crippen molar-refractivity contribution in [3.05, 3.63) is 63.9 Å². The van der Waals surface area contributed by atoms with E-state index in [1.165, 1.54) is 4.68 Å². The molecule has 0 spiro atoms. The van der Waals surface area contributed by atoms with Gasteiger partial charge >= 0.3 is 0 Å². The Hall–Kier alpha value is -2.74. The lowest BCUT2D eigenvalue weighted by atomic mass is 10.1. The Morgan fingerprint density at radius 2 is 1.77 bits per heavy atom. The molecule has 1 amide bonds. The van der Waals surface area contributed by atoms with E-state index in [9.17, 15) is 9.59 Å². The summed E-state index contributed by atoms with van der Waals surface area (Å²) in [6.45, 7) is 4.32. The highest BCUT2D eigenvalue weighted by atomic mass is 35.5. The van der Waals surface area contributed by atoms with E-state index in [2.05, 4.69) is 15.3 Å². The minimum Gasteiger partial charge on any atom is -0.379 e. The molecule has 1 aliphatic rings. The van der Waals surface area contributed by atoms with Crippen molar-refractivity contribution in [2.45, 2.75) is 6.54 Å². The van der Waals surface area contributed by atoms with Crippen LogP contribution in [-0.4, -0.2) is 60.0 Å². The summed E-state index contributed by atoms with van der Waals surface area (Å²) >= 11 is 6.01. The Morgan fingerprint density at radius 1 is 1.07 bits per heavy atom. The summed E-state index contributed by atoms with van der Waals surface area (Å²) in [5.41, 5.74) is 1.19. The molecule has 4 rings (SSSR count). The Morgan fingerprint density at radius 3 is 2.50 bits per heavy atom. The van der Waals surface area contributed by atoms with Gasteiger partial charge in [0.1, 0.15) is 6.54 Å². The van der Waals surface area contributed by atoms with Gasteiger partial charge in [-0.3, -0.25) is 14.5 Å². The van der Waals surface area contributed by atoms with E-state index in [1.54, 1.807) is 18.2 Å². The molecule has 1 saturated heterocycles. The largest absolute Gasteiger partial charge is 0.379 e. The number of halogens is 1. The molecule has 0 saturated carbocycles. The minimum atomic E-state index is -0.286. The fourth-order valence-electron chi connectivity index (χ4n) is 3.53. The molecular weight excluding hydrogens is 404 g/mol. The fourth-order valence-corrected chi connectivity index (χ4v) is 3.66. The molecule has 1 N–H and O–H groups in total. The summed E-state index contributed by atoms with van der Waals surface area (Å²) in [6.07, 6.45) is 0. The zero-order chi connectivity index (χ0) is 20.9. The number of carbonyl (C=O) groups excluding carboxylic acids is 1. The lowest BCUT2D eigenvalue weighted by molar-refractivity contribution is -0.122. The number of hydrogen-bond donors (Lipinski definition) is 1. The summed E-state index contributed by atoms with van der Waals surface area (Å²) in [5, 5.41) is 9.29. The van der Waals surface area contributed by atoms with Crippen molar-refractivity contribution in [3.8, 4) is 11.3 Å². The topological polar surface area (TPSA) is 76.5 Å². The van der Waals surface area contributed by atoms with Gasteiger partial charge in [-0.15, -0.1) is 0 Å². The number of nitrogens with zero attached hydrogens (tertiary/aromatic N) is 3. The SMILES string of the molecule is O=C(Cn1nc(-c2ccc(Cl)cc2)c2ccccc2c1=O)NCCN1CCOCC1. The van der Waals surface area contributed by atoms with Crippen LogP contribution in [0.1, 0.15) is 0 Å². The molecule has 3 aromatic rings. The van der Waals surface area contributed by atoms with Crippen LogP contribution in [0.25, 0.3) is 22.0 Å². The second-order valence-electron chi connectivity index (χ2n) is 7.17. The number of carbonyl (C=O) groups is 1. The number of rotatable bonds is 6. The first-order valence-electron chi connectivity index (χ1n) is 9.94. The van der Waals surface area contributed by atoms with Crippen molar-refractivity contribution in [2.75, 3.05) is 39.4 Å². The molecule has 156 valence electrons. The van der Waals surface area contributed by atoms with Crippen LogP contribution in [0.2, 0.25) is 5.02 Å². The third-order valence-corrected chi connectivity index (χ3v) is 5.38. The van der Waals surface area contributed by atoms with Crippen molar-refractivity contribution in [2.24, 2.45) is 0 Å². The van der Waals surface area contributed by atoms with E-state index in [-0.39, 0.29) is 18.0 Å². The molecule has 0 unspecified atom stereocenters. The highest BCUT2D eigenvalue weighted by molar-refractivity contribution is 6.30. The molecule has 1 aromatic heterocycles. The van der Waals surface area contributed by atoms with Gasteiger partial charge in [-0.1, -0.05) is 41.9 Å². The molecule has 8 heteroatoms. The van der Waals surface area contributed by atoms with Gasteiger partial charge in [0.05, 0.1) is 24.3 Å². The van der Waals surface area contributed by atoms with Crippen molar-refractivity contribution >= 4 is 28.3 Å². The molecule has 0 bridgehead atoms. The van der Waals surface area contributed by atoms with E-state index in [0.29, 0.717) is 22.6 Å². The highest BCUT2D eigenvalue weighted by Crippen LogP contribution is 2.25. The first-order chi connectivity index (χ1) is 14.6. The maximum atomic E-state index is 12.9. The molecule has 2 heterocycles. The summed E-state index contributed by atoms with van der Waals surface area (Å²) in [5.74, 6) is -0.241. The lowest BCUT2D eigenvalue weighted by Gasteiger charge is -2.26. The third kappa shape index (κ3) is 4.70. The van der Waals surface area contributed by atoms with Gasteiger partial charge in [0, 0.05) is 42.2 Å². The number of amides is 1. The Bertz CT molecular complexity index is 1090. The second kappa shape index (κ2) is 9.38. The maximum Gasteiger partial charge on any atom is 0.275 e. The molecule has 1 fully saturated rings. The number of benzene rings is 2. The Labute approximate surface area is 179 Å². The standard InChI is InChI=1S/C22H23ClN4O3/c23-17-7-5-16(6-8-17)21-18-3-1-2-4-19(18)22(29)27(25-21)15-20(28)24-9-10-26-11-13-30-14-12-26/h1-8H,9-15H2,(H,24,28). The van der Waals surface area contributed by atoms with E-state index < -0.39 is 0 Å². The van der Waals surface area contributed by atoms with E-state index in [0.717, 1.165) is 43.8 Å².